The summed E-state index contributed by atoms with van der Waals surface area (Å²) in [4.78, 5) is 22.7. The van der Waals surface area contributed by atoms with Crippen molar-refractivity contribution in [1.82, 2.24) is 0 Å². The van der Waals surface area contributed by atoms with Crippen LogP contribution >= 0.6 is 35.0 Å². The van der Waals surface area contributed by atoms with E-state index in [1.54, 1.807) is 12.1 Å². The molecule has 0 radical (unpaired) electrons. The lowest BCUT2D eigenvalue weighted by Gasteiger charge is -2.11. The normalized spacial score (nSPS) is 10.6. The van der Waals surface area contributed by atoms with E-state index in [9.17, 15) is 20.2 Å². The quantitative estimate of drug-likeness (QED) is 0.344. The number of nitrogens with zero attached hydrogens (tertiary/aromatic N) is 2. The maximum Gasteiger partial charge on any atom is 0.269 e. The van der Waals surface area contributed by atoms with Crippen LogP contribution in [-0.2, 0) is 12.8 Å². The maximum absolute atomic E-state index is 11.0. The molecule has 0 atom stereocenters. The zero-order chi connectivity index (χ0) is 18.4. The van der Waals surface area contributed by atoms with Gasteiger partial charge >= 0.3 is 0 Å². The molecule has 25 heavy (non-hydrogen) atoms. The third-order valence-corrected chi connectivity index (χ3v) is 5.07. The van der Waals surface area contributed by atoms with E-state index < -0.39 is 9.85 Å². The number of hydrogen-bond donors (Lipinski definition) is 0. The Morgan fingerprint density at radius 2 is 1.20 bits per heavy atom. The molecule has 0 aliphatic heterocycles. The van der Waals surface area contributed by atoms with Crippen LogP contribution in [0.4, 0.5) is 11.4 Å². The highest BCUT2D eigenvalue weighted by molar-refractivity contribution is 7.99. The second-order valence-corrected chi connectivity index (χ2v) is 6.92. The average molecular weight is 401 g/mol. The summed E-state index contributed by atoms with van der Waals surface area (Å²) in [5, 5.41) is 21.9. The summed E-state index contributed by atoms with van der Waals surface area (Å²) in [7, 11) is 0. The second-order valence-electron chi connectivity index (χ2n) is 5.08. The van der Waals surface area contributed by atoms with E-state index in [0.717, 1.165) is 20.9 Å². The Kier molecular flexibility index (Phi) is 7.04. The van der Waals surface area contributed by atoms with Gasteiger partial charge in [0.05, 0.1) is 9.85 Å². The Bertz CT molecular complexity index is 736. The highest BCUT2D eigenvalue weighted by Crippen LogP contribution is 2.36. The van der Waals surface area contributed by atoms with Gasteiger partial charge in [0.1, 0.15) is 0 Å². The molecule has 0 N–H and O–H groups in total. The fourth-order valence-corrected chi connectivity index (χ4v) is 3.77. The van der Waals surface area contributed by atoms with Gasteiger partial charge in [-0.1, -0.05) is 11.8 Å². The lowest BCUT2D eigenvalue weighted by molar-refractivity contribution is -0.385. The molecule has 0 saturated carbocycles. The molecule has 0 aliphatic carbocycles. The summed E-state index contributed by atoms with van der Waals surface area (Å²) in [6.07, 6.45) is 0.979. The van der Waals surface area contributed by atoms with Crippen molar-refractivity contribution in [3.63, 3.8) is 0 Å². The maximum atomic E-state index is 11.0. The van der Waals surface area contributed by atoms with Gasteiger partial charge in [-0.05, 0) is 36.1 Å². The van der Waals surface area contributed by atoms with Crippen LogP contribution in [0.3, 0.4) is 0 Å². The summed E-state index contributed by atoms with van der Waals surface area (Å²) < 4.78 is 0. The lowest BCUT2D eigenvalue weighted by atomic mass is 10.1. The van der Waals surface area contributed by atoms with Crippen molar-refractivity contribution in [2.75, 3.05) is 11.8 Å². The minimum Gasteiger partial charge on any atom is -0.258 e. The summed E-state index contributed by atoms with van der Waals surface area (Å²) in [6.45, 7) is 0. The van der Waals surface area contributed by atoms with E-state index in [1.165, 1.54) is 36.0 Å². The van der Waals surface area contributed by atoms with Gasteiger partial charge in [0.25, 0.3) is 11.4 Å². The number of non-ortho nitro benzene ring substituents is 2. The highest BCUT2D eigenvalue weighted by atomic mass is 35.5. The molecule has 0 unspecified atom stereocenters. The molecule has 0 bridgehead atoms. The molecule has 0 saturated heterocycles. The first-order valence-electron chi connectivity index (χ1n) is 7.30. The van der Waals surface area contributed by atoms with Crippen LogP contribution in [0.1, 0.15) is 11.1 Å². The monoisotopic (exact) mass is 400 g/mol. The van der Waals surface area contributed by atoms with Crippen molar-refractivity contribution >= 4 is 46.3 Å². The average Bonchev–Trinajstić information content (AvgIpc) is 2.58. The molecule has 6 nitrogen and oxygen atoms in total. The van der Waals surface area contributed by atoms with Gasteiger partial charge in [-0.25, -0.2) is 0 Å². The largest absolute Gasteiger partial charge is 0.269 e. The van der Waals surface area contributed by atoms with E-state index in [1.807, 2.05) is 0 Å². The smallest absolute Gasteiger partial charge is 0.258 e. The van der Waals surface area contributed by atoms with Crippen LogP contribution in [0.2, 0.25) is 0 Å². The summed E-state index contributed by atoms with van der Waals surface area (Å²) >= 11 is 13.0. The Labute approximate surface area is 158 Å². The zero-order valence-corrected chi connectivity index (χ0v) is 15.3. The predicted octanol–water partition coefficient (Wildman–Crippen LogP) is 5.22. The molecule has 9 heteroatoms. The molecule has 2 rings (SSSR count). The summed E-state index contributed by atoms with van der Waals surface area (Å²) in [5.74, 6) is 0.674. The molecular formula is C16H14Cl2N2O4S. The van der Waals surface area contributed by atoms with Crippen molar-refractivity contribution in [3.05, 3.63) is 67.8 Å². The van der Waals surface area contributed by atoms with Crippen molar-refractivity contribution in [2.45, 2.75) is 22.6 Å². The Morgan fingerprint density at radius 1 is 0.800 bits per heavy atom. The van der Waals surface area contributed by atoms with Crippen LogP contribution in [0, 0.1) is 20.2 Å². The van der Waals surface area contributed by atoms with E-state index in [4.69, 9.17) is 23.2 Å². The minimum atomic E-state index is -0.447. The molecule has 0 amide bonds. The molecule has 2 aromatic carbocycles. The lowest BCUT2D eigenvalue weighted by Crippen LogP contribution is -1.97. The van der Waals surface area contributed by atoms with Crippen LogP contribution in [0.15, 0.2) is 46.2 Å². The highest BCUT2D eigenvalue weighted by Gasteiger charge is 2.15. The summed E-state index contributed by atoms with van der Waals surface area (Å²) in [6, 6.07) is 9.25. The molecule has 2 aromatic rings. The van der Waals surface area contributed by atoms with Gasteiger partial charge in [-0.2, -0.15) is 0 Å². The van der Waals surface area contributed by atoms with Crippen molar-refractivity contribution in [1.29, 1.82) is 0 Å². The van der Waals surface area contributed by atoms with Gasteiger partial charge < -0.3 is 0 Å². The minimum absolute atomic E-state index is 0.00847. The van der Waals surface area contributed by atoms with E-state index in [2.05, 4.69) is 0 Å². The van der Waals surface area contributed by atoms with Crippen LogP contribution in [0.5, 0.6) is 0 Å². The second kappa shape index (κ2) is 9.03. The van der Waals surface area contributed by atoms with Crippen LogP contribution in [0.25, 0.3) is 0 Å². The first-order valence-corrected chi connectivity index (χ1v) is 9.19. The van der Waals surface area contributed by atoms with Gasteiger partial charge in [-0.3, -0.25) is 20.2 Å². The van der Waals surface area contributed by atoms with Gasteiger partial charge in [-0.15, -0.1) is 23.2 Å². The number of nitro benzene ring substituents is 2. The van der Waals surface area contributed by atoms with E-state index in [0.29, 0.717) is 24.6 Å². The third-order valence-electron chi connectivity index (χ3n) is 3.46. The van der Waals surface area contributed by atoms with Crippen molar-refractivity contribution < 1.29 is 9.85 Å². The molecule has 0 spiro atoms. The number of rotatable bonds is 8. The Hall–Kier alpha value is -1.83. The number of alkyl halides is 2. The molecular weight excluding hydrogens is 387 g/mol. The number of halogens is 2. The fourth-order valence-electron chi connectivity index (χ4n) is 2.27. The Morgan fingerprint density at radius 3 is 1.52 bits per heavy atom. The Balaban J connectivity index is 2.41. The number of aryl methyl sites for hydroxylation is 2. The SMILES string of the molecule is O=[N+]([O-])c1ccc(Sc2ccc([N+](=O)[O-])cc2CCCl)c(CCCl)c1. The first-order chi connectivity index (χ1) is 12.0. The fraction of sp³-hybridized carbons (Fsp3) is 0.250. The van der Waals surface area contributed by atoms with E-state index >= 15 is 0 Å². The zero-order valence-electron chi connectivity index (χ0n) is 13.0. The van der Waals surface area contributed by atoms with Gasteiger partial charge in [0, 0.05) is 45.8 Å². The number of benzene rings is 2. The van der Waals surface area contributed by atoms with Gasteiger partial charge in [0.15, 0.2) is 0 Å². The number of nitro groups is 2. The molecule has 132 valence electrons. The van der Waals surface area contributed by atoms with Crippen molar-refractivity contribution in [2.24, 2.45) is 0 Å². The van der Waals surface area contributed by atoms with E-state index in [-0.39, 0.29) is 11.4 Å². The molecule has 0 aliphatic rings. The molecule has 0 heterocycles. The third kappa shape index (κ3) is 5.07. The predicted molar refractivity (Wildman–Crippen MR) is 99.2 cm³/mol. The standard InChI is InChI=1S/C16H14Cl2N2O4S/c17-7-5-11-9-13(19(21)22)1-3-15(11)25-16-4-2-14(20(23)24)10-12(16)6-8-18/h1-4,9-10H,5-8H2. The van der Waals surface area contributed by atoms with Crippen LogP contribution in [-0.4, -0.2) is 21.6 Å². The molecule has 0 fully saturated rings. The molecule has 0 aromatic heterocycles. The van der Waals surface area contributed by atoms with Gasteiger partial charge in [0.2, 0.25) is 0 Å². The first kappa shape index (κ1) is 19.5. The topological polar surface area (TPSA) is 86.3 Å². The summed E-state index contributed by atoms with van der Waals surface area (Å²) in [5.41, 5.74) is 1.55. The number of hydrogen-bond acceptors (Lipinski definition) is 5. The van der Waals surface area contributed by atoms with Crippen LogP contribution < -0.4 is 0 Å². The van der Waals surface area contributed by atoms with Crippen molar-refractivity contribution in [3.8, 4) is 0 Å².